The van der Waals surface area contributed by atoms with Crippen LogP contribution in [0.2, 0.25) is 0 Å². The third-order valence-electron chi connectivity index (χ3n) is 2.76. The van der Waals surface area contributed by atoms with E-state index in [-0.39, 0.29) is 11.4 Å². The molecule has 22 heavy (non-hydrogen) atoms. The van der Waals surface area contributed by atoms with Crippen molar-refractivity contribution in [1.29, 1.82) is 0 Å². The SMILES string of the molecule is O=[N+]([O-])c1ccc(C#C/C=C/c2ccc([N+](=O)[O-])cc2)cc1. The van der Waals surface area contributed by atoms with Gasteiger partial charge in [-0.25, -0.2) is 0 Å². The van der Waals surface area contributed by atoms with Crippen molar-refractivity contribution in [1.82, 2.24) is 0 Å². The molecule has 2 rings (SSSR count). The summed E-state index contributed by atoms with van der Waals surface area (Å²) in [7, 11) is 0. The Kier molecular flexibility index (Phi) is 4.63. The molecule has 0 fully saturated rings. The molecule has 6 nitrogen and oxygen atoms in total. The van der Waals surface area contributed by atoms with E-state index in [1.54, 1.807) is 36.4 Å². The lowest BCUT2D eigenvalue weighted by atomic mass is 10.2. The highest BCUT2D eigenvalue weighted by molar-refractivity contribution is 5.55. The van der Waals surface area contributed by atoms with Gasteiger partial charge in [0.05, 0.1) is 9.85 Å². The monoisotopic (exact) mass is 294 g/mol. The molecule has 0 aliphatic heterocycles. The molecule has 0 spiro atoms. The fraction of sp³-hybridized carbons (Fsp3) is 0. The summed E-state index contributed by atoms with van der Waals surface area (Å²) in [6.07, 6.45) is 3.34. The molecule has 0 saturated carbocycles. The van der Waals surface area contributed by atoms with Crippen molar-refractivity contribution in [2.45, 2.75) is 0 Å². The van der Waals surface area contributed by atoms with Gasteiger partial charge in [-0.1, -0.05) is 11.8 Å². The third-order valence-corrected chi connectivity index (χ3v) is 2.76. The Morgan fingerprint density at radius 3 is 1.82 bits per heavy atom. The number of rotatable bonds is 3. The molecule has 0 N–H and O–H groups in total. The van der Waals surface area contributed by atoms with Gasteiger partial charge >= 0.3 is 0 Å². The van der Waals surface area contributed by atoms with Crippen LogP contribution < -0.4 is 0 Å². The lowest BCUT2D eigenvalue weighted by Crippen LogP contribution is -1.86. The van der Waals surface area contributed by atoms with Gasteiger partial charge in [0.2, 0.25) is 0 Å². The maximum absolute atomic E-state index is 10.5. The van der Waals surface area contributed by atoms with E-state index >= 15 is 0 Å². The topological polar surface area (TPSA) is 86.3 Å². The Morgan fingerprint density at radius 2 is 1.32 bits per heavy atom. The maximum Gasteiger partial charge on any atom is 0.269 e. The number of non-ortho nitro benzene ring substituents is 2. The Morgan fingerprint density at radius 1 is 0.818 bits per heavy atom. The summed E-state index contributed by atoms with van der Waals surface area (Å²) < 4.78 is 0. The first-order chi connectivity index (χ1) is 10.6. The highest BCUT2D eigenvalue weighted by Gasteiger charge is 2.02. The van der Waals surface area contributed by atoms with Crippen molar-refractivity contribution in [3.05, 3.63) is 86.0 Å². The Hall–Kier alpha value is -3.46. The molecule has 0 radical (unpaired) electrons. The van der Waals surface area contributed by atoms with Crippen LogP contribution in [0.3, 0.4) is 0 Å². The lowest BCUT2D eigenvalue weighted by molar-refractivity contribution is -0.385. The quantitative estimate of drug-likeness (QED) is 0.492. The number of nitro benzene ring substituents is 2. The van der Waals surface area contributed by atoms with Gasteiger partial charge < -0.3 is 0 Å². The van der Waals surface area contributed by atoms with Crippen LogP contribution in [0, 0.1) is 32.1 Å². The largest absolute Gasteiger partial charge is 0.269 e. The smallest absolute Gasteiger partial charge is 0.258 e. The molecule has 0 atom stereocenters. The van der Waals surface area contributed by atoms with Crippen molar-refractivity contribution in [2.75, 3.05) is 0 Å². The van der Waals surface area contributed by atoms with Crippen molar-refractivity contribution >= 4 is 17.5 Å². The van der Waals surface area contributed by atoms with Gasteiger partial charge in [0.15, 0.2) is 0 Å². The summed E-state index contributed by atoms with van der Waals surface area (Å²) in [4.78, 5) is 20.1. The second kappa shape index (κ2) is 6.81. The predicted molar refractivity (Wildman–Crippen MR) is 82.1 cm³/mol. The van der Waals surface area contributed by atoms with Crippen LogP contribution >= 0.6 is 0 Å². The number of benzene rings is 2. The van der Waals surface area contributed by atoms with Gasteiger partial charge in [0, 0.05) is 29.8 Å². The van der Waals surface area contributed by atoms with Gasteiger partial charge in [-0.05, 0) is 42.0 Å². The number of nitro groups is 2. The Bertz CT molecular complexity index is 782. The Balaban J connectivity index is 2.03. The predicted octanol–water partition coefficient (Wildman–Crippen LogP) is 3.57. The number of hydrogen-bond donors (Lipinski definition) is 0. The fourth-order valence-corrected chi connectivity index (χ4v) is 1.64. The maximum atomic E-state index is 10.5. The lowest BCUT2D eigenvalue weighted by Gasteiger charge is -1.92. The molecule has 0 heterocycles. The summed E-state index contributed by atoms with van der Waals surface area (Å²) >= 11 is 0. The summed E-state index contributed by atoms with van der Waals surface area (Å²) in [6.45, 7) is 0. The van der Waals surface area contributed by atoms with Gasteiger partial charge in [-0.15, -0.1) is 0 Å². The van der Waals surface area contributed by atoms with Crippen molar-refractivity contribution in [3.63, 3.8) is 0 Å². The molecule has 2 aromatic rings. The first-order valence-electron chi connectivity index (χ1n) is 6.23. The van der Waals surface area contributed by atoms with E-state index in [4.69, 9.17) is 0 Å². The van der Waals surface area contributed by atoms with Crippen molar-refractivity contribution in [2.24, 2.45) is 0 Å². The zero-order chi connectivity index (χ0) is 15.9. The number of nitrogens with zero attached hydrogens (tertiary/aromatic N) is 2. The first kappa shape index (κ1) is 14.9. The molecule has 0 aliphatic rings. The molecule has 0 bridgehead atoms. The minimum absolute atomic E-state index is 0.0203. The summed E-state index contributed by atoms with van der Waals surface area (Å²) in [6, 6.07) is 12.0. The molecule has 0 aromatic heterocycles. The van der Waals surface area contributed by atoms with Crippen LogP contribution in [0.25, 0.3) is 6.08 Å². The van der Waals surface area contributed by atoms with Gasteiger partial charge in [0.25, 0.3) is 11.4 Å². The Labute approximate surface area is 126 Å². The molecule has 0 saturated heterocycles. The van der Waals surface area contributed by atoms with E-state index in [2.05, 4.69) is 11.8 Å². The van der Waals surface area contributed by atoms with Crippen LogP contribution in [0.5, 0.6) is 0 Å². The van der Waals surface area contributed by atoms with Crippen LogP contribution in [0.15, 0.2) is 54.6 Å². The zero-order valence-corrected chi connectivity index (χ0v) is 11.3. The highest BCUT2D eigenvalue weighted by atomic mass is 16.6. The van der Waals surface area contributed by atoms with Crippen LogP contribution in [0.1, 0.15) is 11.1 Å². The van der Waals surface area contributed by atoms with Crippen LogP contribution in [-0.4, -0.2) is 9.85 Å². The average Bonchev–Trinajstić information content (AvgIpc) is 2.52. The van der Waals surface area contributed by atoms with Crippen LogP contribution in [-0.2, 0) is 0 Å². The third kappa shape index (κ3) is 4.02. The molecule has 6 heteroatoms. The summed E-state index contributed by atoms with van der Waals surface area (Å²) in [5.74, 6) is 5.64. The fourth-order valence-electron chi connectivity index (χ4n) is 1.64. The molecule has 108 valence electrons. The standard InChI is InChI=1S/C16H10N2O4/c19-17(20)15-9-5-13(6-10-15)3-1-2-4-14-7-11-16(12-8-14)18(21)22/h1,3,5-12H/b3-1+. The highest BCUT2D eigenvalue weighted by Crippen LogP contribution is 2.13. The molecule has 0 amide bonds. The van der Waals surface area contributed by atoms with E-state index in [0.29, 0.717) is 5.56 Å². The normalized spacial score (nSPS) is 10.0. The minimum Gasteiger partial charge on any atom is -0.258 e. The van der Waals surface area contributed by atoms with E-state index in [1.165, 1.54) is 24.3 Å². The molecular formula is C16H10N2O4. The molecular weight excluding hydrogens is 284 g/mol. The summed E-state index contributed by atoms with van der Waals surface area (Å²) in [5.41, 5.74) is 1.52. The van der Waals surface area contributed by atoms with E-state index in [0.717, 1.165) is 5.56 Å². The summed E-state index contributed by atoms with van der Waals surface area (Å²) in [5, 5.41) is 21.0. The van der Waals surface area contributed by atoms with Gasteiger partial charge in [-0.2, -0.15) is 0 Å². The molecule has 2 aromatic carbocycles. The second-order valence-electron chi connectivity index (χ2n) is 4.26. The second-order valence-corrected chi connectivity index (χ2v) is 4.26. The number of allylic oxidation sites excluding steroid dienone is 1. The zero-order valence-electron chi connectivity index (χ0n) is 11.3. The van der Waals surface area contributed by atoms with Crippen molar-refractivity contribution in [3.8, 4) is 11.8 Å². The van der Waals surface area contributed by atoms with E-state index < -0.39 is 9.85 Å². The van der Waals surface area contributed by atoms with E-state index in [1.807, 2.05) is 0 Å². The molecule has 0 aliphatic carbocycles. The van der Waals surface area contributed by atoms with Crippen LogP contribution in [0.4, 0.5) is 11.4 Å². The van der Waals surface area contributed by atoms with Gasteiger partial charge in [-0.3, -0.25) is 20.2 Å². The average molecular weight is 294 g/mol. The van der Waals surface area contributed by atoms with Crippen molar-refractivity contribution < 1.29 is 9.85 Å². The minimum atomic E-state index is -0.467. The van der Waals surface area contributed by atoms with E-state index in [9.17, 15) is 20.2 Å². The number of hydrogen-bond acceptors (Lipinski definition) is 4. The first-order valence-corrected chi connectivity index (χ1v) is 6.23. The van der Waals surface area contributed by atoms with Gasteiger partial charge in [0.1, 0.15) is 0 Å². The molecule has 0 unspecified atom stereocenters.